The van der Waals surface area contributed by atoms with E-state index in [1.807, 2.05) is 0 Å². The third-order valence-corrected chi connectivity index (χ3v) is 2.50. The quantitative estimate of drug-likeness (QED) is 0.834. The van der Waals surface area contributed by atoms with Crippen molar-refractivity contribution in [2.45, 2.75) is 6.18 Å². The average Bonchev–Trinajstić information content (AvgIpc) is 2.28. The van der Waals surface area contributed by atoms with E-state index in [1.165, 1.54) is 18.2 Å². The van der Waals surface area contributed by atoms with Crippen LogP contribution in [0.15, 0.2) is 24.3 Å². The lowest BCUT2D eigenvalue weighted by molar-refractivity contribution is -0.136. The van der Waals surface area contributed by atoms with Crippen LogP contribution in [0, 0.1) is 17.2 Å². The topological polar surface area (TPSA) is 78.9 Å². The van der Waals surface area contributed by atoms with E-state index in [0.717, 1.165) is 12.1 Å². The number of benzene rings is 1. The highest BCUT2D eigenvalue weighted by Gasteiger charge is 2.34. The lowest BCUT2D eigenvalue weighted by atomic mass is 10.1. The summed E-state index contributed by atoms with van der Waals surface area (Å²) in [7, 11) is 0. The Bertz CT molecular complexity index is 551. The second kappa shape index (κ2) is 5.67. The molecule has 1 aromatic rings. The number of hydrogen-bond donors (Lipinski definition) is 2. The number of nitrogens with two attached hydrogens (primary N) is 1. The van der Waals surface area contributed by atoms with Crippen molar-refractivity contribution in [3.05, 3.63) is 29.8 Å². The molecule has 3 N–H and O–H groups in total. The minimum Gasteiger partial charge on any atom is -0.368 e. The minimum atomic E-state index is -4.58. The summed E-state index contributed by atoms with van der Waals surface area (Å²) in [5, 5.41) is 10.9. The molecule has 1 amide bonds. The Morgan fingerprint density at radius 1 is 1.42 bits per heavy atom. The maximum Gasteiger partial charge on any atom is 0.418 e. The fraction of sp³-hybridized carbons (Fsp3) is 0.182. The maximum atomic E-state index is 12.7. The summed E-state index contributed by atoms with van der Waals surface area (Å²) in [6.45, 7) is 0. The third kappa shape index (κ3) is 3.66. The van der Waals surface area contributed by atoms with Gasteiger partial charge in [0, 0.05) is 0 Å². The minimum absolute atomic E-state index is 0.332. The summed E-state index contributed by atoms with van der Waals surface area (Å²) in [5.74, 6) is -2.50. The van der Waals surface area contributed by atoms with Gasteiger partial charge in [0.05, 0.1) is 17.3 Å². The second-order valence-electron chi connectivity index (χ2n) is 3.50. The lowest BCUT2D eigenvalue weighted by Gasteiger charge is -2.15. The predicted molar refractivity (Wildman–Crippen MR) is 66.0 cm³/mol. The standard InChI is InChI=1S/C11H8F3N3OS/c12-11(13,14)7-3-1-2-4-8(7)17-10(19)6(5-15)9(16)18/h1-4,6H,(H2,16,18)(H,17,19). The van der Waals surface area contributed by atoms with Gasteiger partial charge in [-0.2, -0.15) is 18.4 Å². The molecule has 1 unspecified atom stereocenters. The van der Waals surface area contributed by atoms with Gasteiger partial charge in [-0.1, -0.05) is 24.4 Å². The van der Waals surface area contributed by atoms with Gasteiger partial charge >= 0.3 is 6.18 Å². The van der Waals surface area contributed by atoms with E-state index in [9.17, 15) is 18.0 Å². The predicted octanol–water partition coefficient (Wildman–Crippen LogP) is 2.07. The summed E-state index contributed by atoms with van der Waals surface area (Å²) in [4.78, 5) is 10.5. The molecular formula is C11H8F3N3OS. The van der Waals surface area contributed by atoms with Gasteiger partial charge < -0.3 is 11.1 Å². The number of nitrogens with zero attached hydrogens (tertiary/aromatic N) is 1. The molecule has 0 saturated carbocycles. The van der Waals surface area contributed by atoms with Crippen molar-refractivity contribution in [2.24, 2.45) is 11.7 Å². The summed E-state index contributed by atoms with van der Waals surface area (Å²) < 4.78 is 38.1. The molecule has 0 heterocycles. The highest BCUT2D eigenvalue weighted by Crippen LogP contribution is 2.34. The Hall–Kier alpha value is -2.14. The molecule has 19 heavy (non-hydrogen) atoms. The van der Waals surface area contributed by atoms with E-state index in [4.69, 9.17) is 23.2 Å². The highest BCUT2D eigenvalue weighted by atomic mass is 32.1. The zero-order chi connectivity index (χ0) is 14.6. The molecule has 0 radical (unpaired) electrons. The number of halogens is 3. The molecule has 1 aromatic carbocycles. The van der Waals surface area contributed by atoms with Crippen LogP contribution in [0.4, 0.5) is 18.9 Å². The Morgan fingerprint density at radius 3 is 2.47 bits per heavy atom. The fourth-order valence-electron chi connectivity index (χ4n) is 1.30. The summed E-state index contributed by atoms with van der Waals surface area (Å²) in [6.07, 6.45) is -4.58. The molecule has 1 atom stereocenters. The van der Waals surface area contributed by atoms with E-state index in [-0.39, 0.29) is 10.7 Å². The zero-order valence-corrected chi connectivity index (χ0v) is 10.2. The Kier molecular flexibility index (Phi) is 4.45. The van der Waals surface area contributed by atoms with Crippen LogP contribution in [0.5, 0.6) is 0 Å². The summed E-state index contributed by atoms with van der Waals surface area (Å²) >= 11 is 4.71. The van der Waals surface area contributed by atoms with Gasteiger partial charge in [-0.05, 0) is 12.1 Å². The first-order valence-electron chi connectivity index (χ1n) is 4.93. The smallest absolute Gasteiger partial charge is 0.368 e. The molecule has 0 aliphatic heterocycles. The number of thiocarbonyl (C=S) groups is 1. The van der Waals surface area contributed by atoms with Crippen LogP contribution in [0.25, 0.3) is 0 Å². The van der Waals surface area contributed by atoms with Gasteiger partial charge in [-0.15, -0.1) is 0 Å². The average molecular weight is 287 g/mol. The van der Waals surface area contributed by atoms with Crippen LogP contribution < -0.4 is 11.1 Å². The molecule has 100 valence electrons. The molecule has 0 fully saturated rings. The molecule has 0 bridgehead atoms. The molecule has 0 saturated heterocycles. The van der Waals surface area contributed by atoms with Crippen LogP contribution in [0.3, 0.4) is 0 Å². The molecule has 0 spiro atoms. The Labute approximate surface area is 112 Å². The SMILES string of the molecule is N#CC(C(N)=O)C(=S)Nc1ccccc1C(F)(F)F. The van der Waals surface area contributed by atoms with E-state index in [0.29, 0.717) is 0 Å². The molecule has 0 aliphatic carbocycles. The van der Waals surface area contributed by atoms with Crippen molar-refractivity contribution >= 4 is 28.8 Å². The Balaban J connectivity index is 3.05. The normalized spacial score (nSPS) is 12.3. The molecule has 1 rings (SSSR count). The first-order chi connectivity index (χ1) is 8.77. The summed E-state index contributed by atoms with van der Waals surface area (Å²) in [5.41, 5.74) is 3.64. The fourth-order valence-corrected chi connectivity index (χ4v) is 1.57. The number of rotatable bonds is 3. The van der Waals surface area contributed by atoms with Gasteiger partial charge in [0.1, 0.15) is 4.99 Å². The number of hydrogen-bond acceptors (Lipinski definition) is 3. The van der Waals surface area contributed by atoms with Crippen molar-refractivity contribution < 1.29 is 18.0 Å². The number of nitrogens with one attached hydrogen (secondary N) is 1. The van der Waals surface area contributed by atoms with Crippen LogP contribution >= 0.6 is 12.2 Å². The van der Waals surface area contributed by atoms with E-state index in [1.54, 1.807) is 0 Å². The van der Waals surface area contributed by atoms with Crippen molar-refractivity contribution in [2.75, 3.05) is 5.32 Å². The van der Waals surface area contributed by atoms with Gasteiger partial charge in [0.15, 0.2) is 5.92 Å². The van der Waals surface area contributed by atoms with Crippen molar-refractivity contribution in [1.29, 1.82) is 5.26 Å². The first-order valence-corrected chi connectivity index (χ1v) is 5.34. The van der Waals surface area contributed by atoms with Crippen molar-refractivity contribution in [1.82, 2.24) is 0 Å². The summed E-state index contributed by atoms with van der Waals surface area (Å²) in [6, 6.07) is 6.10. The lowest BCUT2D eigenvalue weighted by Crippen LogP contribution is -2.32. The number of amides is 1. The van der Waals surface area contributed by atoms with Crippen LogP contribution in [0.1, 0.15) is 5.56 Å². The number of carbonyl (C=O) groups excluding carboxylic acids is 1. The number of anilines is 1. The van der Waals surface area contributed by atoms with Crippen LogP contribution in [-0.2, 0) is 11.0 Å². The zero-order valence-electron chi connectivity index (χ0n) is 9.36. The molecule has 0 aliphatic rings. The van der Waals surface area contributed by atoms with Crippen molar-refractivity contribution in [3.63, 3.8) is 0 Å². The van der Waals surface area contributed by atoms with E-state index < -0.39 is 23.6 Å². The van der Waals surface area contributed by atoms with Crippen molar-refractivity contribution in [3.8, 4) is 6.07 Å². The molecule has 4 nitrogen and oxygen atoms in total. The molecular weight excluding hydrogens is 279 g/mol. The number of nitriles is 1. The first kappa shape index (κ1) is 14.9. The largest absolute Gasteiger partial charge is 0.418 e. The van der Waals surface area contributed by atoms with Gasteiger partial charge in [-0.3, -0.25) is 4.79 Å². The maximum absolute atomic E-state index is 12.7. The van der Waals surface area contributed by atoms with E-state index >= 15 is 0 Å². The molecule has 0 aromatic heterocycles. The number of alkyl halides is 3. The number of primary amides is 1. The van der Waals surface area contributed by atoms with E-state index in [2.05, 4.69) is 5.32 Å². The third-order valence-electron chi connectivity index (χ3n) is 2.17. The van der Waals surface area contributed by atoms with Gasteiger partial charge in [0.25, 0.3) is 0 Å². The monoisotopic (exact) mass is 287 g/mol. The van der Waals surface area contributed by atoms with Crippen LogP contribution in [0.2, 0.25) is 0 Å². The number of para-hydroxylation sites is 1. The number of carbonyl (C=O) groups is 1. The second-order valence-corrected chi connectivity index (χ2v) is 3.94. The van der Waals surface area contributed by atoms with Gasteiger partial charge in [0.2, 0.25) is 5.91 Å². The Morgan fingerprint density at radius 2 is 2.00 bits per heavy atom. The van der Waals surface area contributed by atoms with Gasteiger partial charge in [-0.25, -0.2) is 0 Å². The van der Waals surface area contributed by atoms with Crippen LogP contribution in [-0.4, -0.2) is 10.9 Å². The molecule has 8 heteroatoms. The highest BCUT2D eigenvalue weighted by molar-refractivity contribution is 7.80.